The van der Waals surface area contributed by atoms with Gasteiger partial charge >= 0.3 is 6.01 Å². The molecule has 32 heavy (non-hydrogen) atoms. The van der Waals surface area contributed by atoms with Crippen LogP contribution in [0.4, 0.5) is 5.95 Å². The number of benzene rings is 2. The van der Waals surface area contributed by atoms with Gasteiger partial charge in [0.2, 0.25) is 5.95 Å². The van der Waals surface area contributed by atoms with Crippen molar-refractivity contribution in [3.8, 4) is 17.3 Å². The predicted molar refractivity (Wildman–Crippen MR) is 118 cm³/mol. The number of aromatic nitrogens is 4. The van der Waals surface area contributed by atoms with Crippen LogP contribution < -0.4 is 15.0 Å². The topological polar surface area (TPSA) is 106 Å². The van der Waals surface area contributed by atoms with Crippen molar-refractivity contribution in [3.63, 3.8) is 0 Å². The van der Waals surface area contributed by atoms with Gasteiger partial charge in [-0.2, -0.15) is 15.0 Å². The number of rotatable bonds is 6. The van der Waals surface area contributed by atoms with Crippen LogP contribution in [0.3, 0.4) is 0 Å². The second kappa shape index (κ2) is 8.62. The molecule has 9 heteroatoms. The van der Waals surface area contributed by atoms with Crippen molar-refractivity contribution >= 4 is 22.8 Å². The summed E-state index contributed by atoms with van der Waals surface area (Å²) >= 11 is 0. The van der Waals surface area contributed by atoms with E-state index in [4.69, 9.17) is 9.26 Å². The number of ether oxygens (including phenoxy) is 1. The quantitative estimate of drug-likeness (QED) is 0.497. The van der Waals surface area contributed by atoms with E-state index in [-0.39, 0.29) is 18.5 Å². The minimum absolute atomic E-state index is 0.159. The van der Waals surface area contributed by atoms with Gasteiger partial charge in [-0.15, -0.1) is 0 Å². The molecule has 3 heterocycles. The Balaban J connectivity index is 1.36. The largest absolute Gasteiger partial charge is 0.467 e. The number of fused-ring (bicyclic) bond motifs is 1. The molecule has 2 aromatic carbocycles. The summed E-state index contributed by atoms with van der Waals surface area (Å²) in [6.45, 7) is 1.97. The summed E-state index contributed by atoms with van der Waals surface area (Å²) < 4.78 is 10.7. The Morgan fingerprint density at radius 1 is 1.09 bits per heavy atom. The molecule has 1 saturated heterocycles. The Hall–Kier alpha value is -4.01. The number of nitrogens with one attached hydrogen (secondary N) is 1. The van der Waals surface area contributed by atoms with Crippen molar-refractivity contribution in [2.45, 2.75) is 19.4 Å². The van der Waals surface area contributed by atoms with Crippen molar-refractivity contribution in [2.75, 3.05) is 25.1 Å². The van der Waals surface area contributed by atoms with E-state index in [9.17, 15) is 4.79 Å². The minimum atomic E-state index is -0.241. The monoisotopic (exact) mass is 430 g/mol. The van der Waals surface area contributed by atoms with Gasteiger partial charge in [-0.05, 0) is 31.0 Å². The second-order valence-electron chi connectivity index (χ2n) is 7.52. The normalized spacial score (nSPS) is 13.5. The third-order valence-electron chi connectivity index (χ3n) is 5.40. The number of anilines is 1. The highest BCUT2D eigenvalue weighted by molar-refractivity contribution is 6.00. The first-order valence-corrected chi connectivity index (χ1v) is 10.5. The highest BCUT2D eigenvalue weighted by Gasteiger charge is 2.19. The molecule has 9 nitrogen and oxygen atoms in total. The molecule has 1 aliphatic rings. The van der Waals surface area contributed by atoms with Crippen LogP contribution in [0.2, 0.25) is 0 Å². The lowest BCUT2D eigenvalue weighted by Crippen LogP contribution is -2.26. The molecule has 0 aliphatic carbocycles. The zero-order chi connectivity index (χ0) is 21.9. The number of carbonyl (C=O) groups is 1. The molecular formula is C23H22N6O3. The number of hydrogen-bond acceptors (Lipinski definition) is 8. The van der Waals surface area contributed by atoms with Gasteiger partial charge < -0.3 is 19.5 Å². The van der Waals surface area contributed by atoms with Gasteiger partial charge in [-0.1, -0.05) is 35.5 Å². The Bertz CT molecular complexity index is 1250. The number of nitrogens with zero attached hydrogens (tertiary/aromatic N) is 5. The van der Waals surface area contributed by atoms with E-state index in [1.54, 1.807) is 18.2 Å². The number of carbonyl (C=O) groups excluding carboxylic acids is 1. The molecule has 1 fully saturated rings. The fraction of sp³-hybridized carbons (Fsp3) is 0.261. The van der Waals surface area contributed by atoms with Crippen molar-refractivity contribution in [2.24, 2.45) is 0 Å². The Kier molecular flexibility index (Phi) is 5.37. The Labute approximate surface area is 184 Å². The summed E-state index contributed by atoms with van der Waals surface area (Å²) in [5.41, 5.74) is 2.09. The maximum absolute atomic E-state index is 12.9. The first-order valence-electron chi connectivity index (χ1n) is 10.5. The fourth-order valence-corrected chi connectivity index (χ4v) is 3.76. The number of hydrogen-bond donors (Lipinski definition) is 1. The molecule has 1 aliphatic heterocycles. The Morgan fingerprint density at radius 3 is 2.69 bits per heavy atom. The van der Waals surface area contributed by atoms with Crippen LogP contribution in [0.25, 0.3) is 22.2 Å². The molecule has 0 unspecified atom stereocenters. The van der Waals surface area contributed by atoms with Crippen molar-refractivity contribution in [1.82, 2.24) is 25.4 Å². The Morgan fingerprint density at radius 2 is 1.91 bits per heavy atom. The van der Waals surface area contributed by atoms with Crippen LogP contribution >= 0.6 is 0 Å². The van der Waals surface area contributed by atoms with Crippen molar-refractivity contribution in [3.05, 3.63) is 59.9 Å². The molecule has 162 valence electrons. The zero-order valence-corrected chi connectivity index (χ0v) is 17.6. The van der Waals surface area contributed by atoms with E-state index in [2.05, 4.69) is 30.3 Å². The minimum Gasteiger partial charge on any atom is -0.467 e. The molecule has 0 saturated carbocycles. The van der Waals surface area contributed by atoms with Gasteiger partial charge in [0.1, 0.15) is 5.52 Å². The molecule has 4 aromatic rings. The summed E-state index contributed by atoms with van der Waals surface area (Å²) in [6, 6.07) is 15.2. The lowest BCUT2D eigenvalue weighted by molar-refractivity contribution is 0.0950. The SMILES string of the molecule is COc1nc(CNC(=O)c2ccc3noc(-c4ccccc4)c3c2)nc(N2CCCC2)n1. The molecule has 0 radical (unpaired) electrons. The molecule has 0 bridgehead atoms. The van der Waals surface area contributed by atoms with Crippen LogP contribution in [0.15, 0.2) is 53.1 Å². The maximum Gasteiger partial charge on any atom is 0.321 e. The molecule has 0 spiro atoms. The van der Waals surface area contributed by atoms with E-state index in [0.29, 0.717) is 28.6 Å². The van der Waals surface area contributed by atoms with Crippen molar-refractivity contribution < 1.29 is 14.1 Å². The average molecular weight is 430 g/mol. The predicted octanol–water partition coefficient (Wildman–Crippen LogP) is 3.22. The highest BCUT2D eigenvalue weighted by atomic mass is 16.5. The average Bonchev–Trinajstić information content (AvgIpc) is 3.53. The van der Waals surface area contributed by atoms with Crippen LogP contribution in [-0.4, -0.2) is 46.2 Å². The van der Waals surface area contributed by atoms with Gasteiger partial charge in [-0.25, -0.2) is 0 Å². The van der Waals surface area contributed by atoms with E-state index in [0.717, 1.165) is 36.9 Å². The van der Waals surface area contributed by atoms with Crippen LogP contribution in [-0.2, 0) is 6.54 Å². The first kappa shape index (κ1) is 19.9. The van der Waals surface area contributed by atoms with Crippen molar-refractivity contribution in [1.29, 1.82) is 0 Å². The number of amides is 1. The van der Waals surface area contributed by atoms with Gasteiger partial charge in [0.05, 0.1) is 19.0 Å². The third kappa shape index (κ3) is 3.96. The molecule has 1 amide bonds. The van der Waals surface area contributed by atoms with Crippen LogP contribution in [0.1, 0.15) is 29.0 Å². The lowest BCUT2D eigenvalue weighted by atomic mass is 10.1. The van der Waals surface area contributed by atoms with E-state index in [1.807, 2.05) is 30.3 Å². The first-order chi connectivity index (χ1) is 15.7. The van der Waals surface area contributed by atoms with Crippen LogP contribution in [0, 0.1) is 0 Å². The molecule has 0 atom stereocenters. The molecule has 5 rings (SSSR count). The second-order valence-corrected chi connectivity index (χ2v) is 7.52. The smallest absolute Gasteiger partial charge is 0.321 e. The third-order valence-corrected chi connectivity index (χ3v) is 5.40. The fourth-order valence-electron chi connectivity index (χ4n) is 3.76. The summed E-state index contributed by atoms with van der Waals surface area (Å²) in [6.07, 6.45) is 2.22. The van der Waals surface area contributed by atoms with E-state index < -0.39 is 0 Å². The highest BCUT2D eigenvalue weighted by Crippen LogP contribution is 2.29. The van der Waals surface area contributed by atoms with E-state index >= 15 is 0 Å². The number of methoxy groups -OCH3 is 1. The maximum atomic E-state index is 12.9. The van der Waals surface area contributed by atoms with Gasteiger partial charge in [-0.3, -0.25) is 4.79 Å². The molecule has 2 aromatic heterocycles. The van der Waals surface area contributed by atoms with Gasteiger partial charge in [0.15, 0.2) is 11.6 Å². The lowest BCUT2D eigenvalue weighted by Gasteiger charge is -2.16. The summed E-state index contributed by atoms with van der Waals surface area (Å²) in [5, 5.41) is 7.77. The molecule has 1 N–H and O–H groups in total. The van der Waals surface area contributed by atoms with E-state index in [1.165, 1.54) is 7.11 Å². The van der Waals surface area contributed by atoms with Crippen LogP contribution in [0.5, 0.6) is 6.01 Å². The molecular weight excluding hydrogens is 408 g/mol. The standard InChI is InChI=1S/C23H22N6O3/c1-31-23-26-19(25-22(27-23)29-11-5-6-12-29)14-24-21(30)16-9-10-18-17(13-16)20(32-28-18)15-7-3-2-4-8-15/h2-4,7-10,13H,5-6,11-12,14H2,1H3,(H,24,30). The van der Waals surface area contributed by atoms with Gasteiger partial charge in [0.25, 0.3) is 5.91 Å². The summed E-state index contributed by atoms with van der Waals surface area (Å²) in [5.74, 6) is 1.42. The zero-order valence-electron chi connectivity index (χ0n) is 17.6. The van der Waals surface area contributed by atoms with Gasteiger partial charge in [0, 0.05) is 24.2 Å². The summed E-state index contributed by atoms with van der Waals surface area (Å²) in [7, 11) is 1.52. The summed E-state index contributed by atoms with van der Waals surface area (Å²) in [4.78, 5) is 28.1.